The SMILES string of the molecule is C[C@H](N)[C@@H]1C=CC(F)=CC1. The van der Waals surface area contributed by atoms with Crippen LogP contribution < -0.4 is 5.73 Å². The van der Waals surface area contributed by atoms with Crippen molar-refractivity contribution in [2.24, 2.45) is 11.7 Å². The maximum atomic E-state index is 12.4. The lowest BCUT2D eigenvalue weighted by molar-refractivity contribution is 0.521. The summed E-state index contributed by atoms with van der Waals surface area (Å²) < 4.78 is 12.4. The number of allylic oxidation sites excluding steroid dienone is 3. The second-order valence-electron chi connectivity index (χ2n) is 2.71. The van der Waals surface area contributed by atoms with Crippen molar-refractivity contribution in [3.63, 3.8) is 0 Å². The molecule has 1 rings (SSSR count). The topological polar surface area (TPSA) is 26.0 Å². The van der Waals surface area contributed by atoms with Gasteiger partial charge in [0.15, 0.2) is 0 Å². The van der Waals surface area contributed by atoms with Gasteiger partial charge in [0, 0.05) is 6.04 Å². The molecule has 0 unspecified atom stereocenters. The highest BCUT2D eigenvalue weighted by atomic mass is 19.1. The van der Waals surface area contributed by atoms with Crippen molar-refractivity contribution in [2.45, 2.75) is 19.4 Å². The first-order valence-electron chi connectivity index (χ1n) is 3.49. The van der Waals surface area contributed by atoms with Crippen LogP contribution in [0.5, 0.6) is 0 Å². The molecule has 0 saturated carbocycles. The second kappa shape index (κ2) is 2.97. The zero-order valence-corrected chi connectivity index (χ0v) is 6.05. The monoisotopic (exact) mass is 141 g/mol. The Kier molecular flexibility index (Phi) is 2.22. The van der Waals surface area contributed by atoms with Gasteiger partial charge in [0.05, 0.1) is 0 Å². The third-order valence-corrected chi connectivity index (χ3v) is 1.76. The number of hydrogen-bond acceptors (Lipinski definition) is 1. The fourth-order valence-corrected chi connectivity index (χ4v) is 1.00. The summed E-state index contributed by atoms with van der Waals surface area (Å²) >= 11 is 0. The van der Waals surface area contributed by atoms with E-state index in [0.717, 1.165) is 6.42 Å². The van der Waals surface area contributed by atoms with Gasteiger partial charge >= 0.3 is 0 Å². The van der Waals surface area contributed by atoms with Crippen molar-refractivity contribution < 1.29 is 4.39 Å². The highest BCUT2D eigenvalue weighted by molar-refractivity contribution is 5.18. The quantitative estimate of drug-likeness (QED) is 0.591. The van der Waals surface area contributed by atoms with Gasteiger partial charge in [0.25, 0.3) is 0 Å². The van der Waals surface area contributed by atoms with Crippen molar-refractivity contribution in [1.82, 2.24) is 0 Å². The Balaban J connectivity index is 2.52. The summed E-state index contributed by atoms with van der Waals surface area (Å²) in [5.74, 6) is 0.177. The minimum atomic E-state index is -0.142. The molecule has 1 aliphatic carbocycles. The largest absolute Gasteiger partial charge is 0.327 e. The molecule has 0 aromatic carbocycles. The van der Waals surface area contributed by atoms with Crippen molar-refractivity contribution in [3.05, 3.63) is 24.1 Å². The third-order valence-electron chi connectivity index (χ3n) is 1.76. The standard InChI is InChI=1S/C8H12FN/c1-6(10)7-2-4-8(9)5-3-7/h2,4-7H,3,10H2,1H3/t6-,7+/m0/s1. The van der Waals surface area contributed by atoms with E-state index in [2.05, 4.69) is 0 Å². The Labute approximate surface area is 60.4 Å². The minimum absolute atomic E-state index is 0.126. The molecule has 0 heterocycles. The fourth-order valence-electron chi connectivity index (χ4n) is 1.00. The minimum Gasteiger partial charge on any atom is -0.327 e. The summed E-state index contributed by atoms with van der Waals surface area (Å²) in [6, 6.07) is 0.126. The average molecular weight is 141 g/mol. The van der Waals surface area contributed by atoms with Crippen LogP contribution in [0.3, 0.4) is 0 Å². The molecule has 2 atom stereocenters. The van der Waals surface area contributed by atoms with E-state index in [1.54, 1.807) is 6.08 Å². The van der Waals surface area contributed by atoms with Crippen molar-refractivity contribution in [3.8, 4) is 0 Å². The Morgan fingerprint density at radius 2 is 2.50 bits per heavy atom. The maximum absolute atomic E-state index is 12.4. The summed E-state index contributed by atoms with van der Waals surface area (Å²) in [5.41, 5.74) is 5.61. The van der Waals surface area contributed by atoms with Crippen molar-refractivity contribution in [1.29, 1.82) is 0 Å². The van der Waals surface area contributed by atoms with E-state index in [1.165, 1.54) is 6.08 Å². The van der Waals surface area contributed by atoms with Gasteiger partial charge in [-0.15, -0.1) is 0 Å². The Bertz CT molecular complexity index is 170. The summed E-state index contributed by atoms with van der Waals surface area (Å²) in [6.45, 7) is 1.94. The molecule has 0 aromatic heterocycles. The summed E-state index contributed by atoms with van der Waals surface area (Å²) in [7, 11) is 0. The fraction of sp³-hybridized carbons (Fsp3) is 0.500. The van der Waals surface area contributed by atoms with Crippen LogP contribution in [0.15, 0.2) is 24.1 Å². The van der Waals surface area contributed by atoms with E-state index in [4.69, 9.17) is 5.73 Å². The van der Waals surface area contributed by atoms with E-state index in [9.17, 15) is 4.39 Å². The van der Waals surface area contributed by atoms with Crippen LogP contribution in [0.2, 0.25) is 0 Å². The first-order chi connectivity index (χ1) is 4.70. The number of nitrogens with two attached hydrogens (primary N) is 1. The van der Waals surface area contributed by atoms with Gasteiger partial charge in [-0.2, -0.15) is 0 Å². The van der Waals surface area contributed by atoms with Crippen LogP contribution in [0.25, 0.3) is 0 Å². The van der Waals surface area contributed by atoms with Crippen LogP contribution in [0.4, 0.5) is 4.39 Å². The van der Waals surface area contributed by atoms with E-state index in [-0.39, 0.29) is 11.9 Å². The van der Waals surface area contributed by atoms with Crippen LogP contribution in [0, 0.1) is 5.92 Å². The smallest absolute Gasteiger partial charge is 0.118 e. The van der Waals surface area contributed by atoms with Gasteiger partial charge in [-0.05, 0) is 31.4 Å². The average Bonchev–Trinajstić information content (AvgIpc) is 1.88. The molecule has 0 saturated heterocycles. The molecule has 2 heteroatoms. The molecule has 1 nitrogen and oxygen atoms in total. The molecule has 2 N–H and O–H groups in total. The predicted octanol–water partition coefficient (Wildman–Crippen LogP) is 1.76. The Hall–Kier alpha value is -0.630. The third kappa shape index (κ3) is 1.67. The van der Waals surface area contributed by atoms with Gasteiger partial charge in [-0.3, -0.25) is 0 Å². The molecular weight excluding hydrogens is 129 g/mol. The molecule has 0 aliphatic heterocycles. The van der Waals surface area contributed by atoms with Gasteiger partial charge in [0.2, 0.25) is 0 Å². The lowest BCUT2D eigenvalue weighted by atomic mass is 9.94. The summed E-state index contributed by atoms with van der Waals surface area (Å²) in [4.78, 5) is 0. The highest BCUT2D eigenvalue weighted by Crippen LogP contribution is 2.18. The Morgan fingerprint density at radius 1 is 1.80 bits per heavy atom. The molecule has 56 valence electrons. The van der Waals surface area contributed by atoms with E-state index in [0.29, 0.717) is 5.92 Å². The second-order valence-corrected chi connectivity index (χ2v) is 2.71. The molecule has 0 amide bonds. The van der Waals surface area contributed by atoms with Crippen LogP contribution in [0.1, 0.15) is 13.3 Å². The molecule has 10 heavy (non-hydrogen) atoms. The van der Waals surface area contributed by atoms with E-state index < -0.39 is 0 Å². The molecule has 0 aromatic rings. The first kappa shape index (κ1) is 7.48. The first-order valence-corrected chi connectivity index (χ1v) is 3.49. The maximum Gasteiger partial charge on any atom is 0.118 e. The highest BCUT2D eigenvalue weighted by Gasteiger charge is 2.11. The van der Waals surface area contributed by atoms with Gasteiger partial charge < -0.3 is 5.73 Å². The number of halogens is 1. The summed E-state index contributed by atoms with van der Waals surface area (Å²) in [5, 5.41) is 0. The number of rotatable bonds is 1. The lowest BCUT2D eigenvalue weighted by Crippen LogP contribution is -2.25. The van der Waals surface area contributed by atoms with Gasteiger partial charge in [0.1, 0.15) is 5.83 Å². The molecule has 0 fully saturated rings. The molecule has 0 bridgehead atoms. The number of hydrogen-bond donors (Lipinski definition) is 1. The summed E-state index contributed by atoms with van der Waals surface area (Å²) in [6.07, 6.45) is 5.63. The lowest BCUT2D eigenvalue weighted by Gasteiger charge is -2.16. The predicted molar refractivity (Wildman–Crippen MR) is 40.1 cm³/mol. The van der Waals surface area contributed by atoms with Gasteiger partial charge in [-0.25, -0.2) is 4.39 Å². The van der Waals surface area contributed by atoms with Crippen LogP contribution in [-0.4, -0.2) is 6.04 Å². The van der Waals surface area contributed by atoms with Gasteiger partial charge in [-0.1, -0.05) is 6.08 Å². The molecular formula is C8H12FN. The molecule has 1 aliphatic rings. The normalized spacial score (nSPS) is 27.9. The Morgan fingerprint density at radius 3 is 2.90 bits per heavy atom. The zero-order valence-electron chi connectivity index (χ0n) is 6.05. The van der Waals surface area contributed by atoms with Crippen molar-refractivity contribution in [2.75, 3.05) is 0 Å². The van der Waals surface area contributed by atoms with Crippen molar-refractivity contribution >= 4 is 0 Å². The zero-order chi connectivity index (χ0) is 7.56. The van der Waals surface area contributed by atoms with Crippen LogP contribution >= 0.6 is 0 Å². The van der Waals surface area contributed by atoms with E-state index >= 15 is 0 Å². The molecule has 0 radical (unpaired) electrons. The van der Waals surface area contributed by atoms with E-state index in [1.807, 2.05) is 13.0 Å². The van der Waals surface area contributed by atoms with Crippen LogP contribution in [-0.2, 0) is 0 Å². The molecule has 0 spiro atoms.